The molecule has 0 amide bonds. The summed E-state index contributed by atoms with van der Waals surface area (Å²) in [5.74, 6) is -0.216. The van der Waals surface area contributed by atoms with E-state index in [0.717, 1.165) is 8.52 Å². The molecular weight excluding hydrogens is 346 g/mol. The summed E-state index contributed by atoms with van der Waals surface area (Å²) >= 11 is 4.46. The minimum Gasteiger partial charge on any atom is -0.464 e. The summed E-state index contributed by atoms with van der Waals surface area (Å²) in [6.07, 6.45) is 1.47. The number of esters is 1. The molecule has 108 valence electrons. The average Bonchev–Trinajstić information content (AvgIpc) is 2.78. The Bertz CT molecular complexity index is 651. The van der Waals surface area contributed by atoms with Crippen molar-refractivity contribution in [1.29, 1.82) is 0 Å². The van der Waals surface area contributed by atoms with E-state index in [1.54, 1.807) is 12.1 Å². The Morgan fingerprint density at radius 1 is 1.50 bits per heavy atom. The van der Waals surface area contributed by atoms with Crippen molar-refractivity contribution in [2.24, 2.45) is 4.99 Å². The number of halogens is 1. The predicted molar refractivity (Wildman–Crippen MR) is 79.3 cm³/mol. The number of methoxy groups -OCH3 is 1. The first-order valence-corrected chi connectivity index (χ1v) is 7.38. The number of nitrogens with zero attached hydrogens (tertiary/aromatic N) is 3. The Hall–Kier alpha value is -1.67. The molecule has 0 radical (unpaired) electrons. The Morgan fingerprint density at radius 2 is 2.20 bits per heavy atom. The van der Waals surface area contributed by atoms with Gasteiger partial charge in [0.2, 0.25) is 4.80 Å². The van der Waals surface area contributed by atoms with Crippen LogP contribution in [0.25, 0.3) is 0 Å². The van der Waals surface area contributed by atoms with Crippen molar-refractivity contribution >= 4 is 39.1 Å². The topological polar surface area (TPSA) is 76.7 Å². The molecule has 0 aliphatic rings. The molecule has 0 saturated carbocycles. The fourth-order valence-electron chi connectivity index (χ4n) is 1.19. The SMILES string of the molecule is CC.COC(=O)c1cccc(/N=c2\sc(Br)cn2O)n1. The molecule has 2 rings (SSSR count). The van der Waals surface area contributed by atoms with Crippen LogP contribution in [0.4, 0.5) is 5.82 Å². The van der Waals surface area contributed by atoms with Crippen molar-refractivity contribution in [3.05, 3.63) is 38.7 Å². The molecule has 20 heavy (non-hydrogen) atoms. The molecular formula is C12H14BrN3O3S. The lowest BCUT2D eigenvalue weighted by molar-refractivity contribution is 0.0594. The fraction of sp³-hybridized carbons (Fsp3) is 0.250. The summed E-state index contributed by atoms with van der Waals surface area (Å²) in [6.45, 7) is 4.00. The van der Waals surface area contributed by atoms with Crippen molar-refractivity contribution in [3.8, 4) is 0 Å². The van der Waals surface area contributed by atoms with E-state index < -0.39 is 5.97 Å². The highest BCUT2D eigenvalue weighted by atomic mass is 79.9. The number of hydrogen-bond acceptors (Lipinski definition) is 6. The summed E-state index contributed by atoms with van der Waals surface area (Å²) in [5, 5.41) is 9.50. The third kappa shape index (κ3) is 4.17. The zero-order chi connectivity index (χ0) is 15.1. The highest BCUT2D eigenvalue weighted by molar-refractivity contribution is 9.11. The van der Waals surface area contributed by atoms with Gasteiger partial charge in [-0.15, -0.1) is 0 Å². The van der Waals surface area contributed by atoms with Crippen LogP contribution in [0, 0.1) is 0 Å². The molecule has 2 aromatic heterocycles. The monoisotopic (exact) mass is 359 g/mol. The average molecular weight is 360 g/mol. The third-order valence-corrected chi connectivity index (χ3v) is 3.40. The standard InChI is InChI=1S/C10H8BrN3O3S.C2H6/c1-17-9(15)6-3-2-4-8(12-6)13-10-14(16)5-7(11)18-10;1-2/h2-5,16H,1H3;1-2H3/b13-10-;. The molecule has 0 aromatic carbocycles. The maximum Gasteiger partial charge on any atom is 0.356 e. The van der Waals surface area contributed by atoms with E-state index in [9.17, 15) is 10.0 Å². The van der Waals surface area contributed by atoms with E-state index in [-0.39, 0.29) is 5.69 Å². The molecule has 0 saturated heterocycles. The van der Waals surface area contributed by atoms with E-state index >= 15 is 0 Å². The molecule has 6 nitrogen and oxygen atoms in total. The predicted octanol–water partition coefficient (Wildman–Crippen LogP) is 2.99. The van der Waals surface area contributed by atoms with Gasteiger partial charge < -0.3 is 9.94 Å². The summed E-state index contributed by atoms with van der Waals surface area (Å²) in [4.78, 5) is 19.8. The molecule has 0 atom stereocenters. The molecule has 1 N–H and O–H groups in total. The third-order valence-electron chi connectivity index (χ3n) is 1.95. The number of carbonyl (C=O) groups is 1. The molecule has 0 unspecified atom stereocenters. The van der Waals surface area contributed by atoms with Gasteiger partial charge >= 0.3 is 5.97 Å². The molecule has 0 aliphatic heterocycles. The molecule has 0 spiro atoms. The van der Waals surface area contributed by atoms with E-state index in [1.807, 2.05) is 13.8 Å². The maximum absolute atomic E-state index is 11.3. The van der Waals surface area contributed by atoms with Gasteiger partial charge in [0.25, 0.3) is 0 Å². The van der Waals surface area contributed by atoms with E-state index in [4.69, 9.17) is 0 Å². The van der Waals surface area contributed by atoms with Crippen LogP contribution in [0.2, 0.25) is 0 Å². The van der Waals surface area contributed by atoms with Crippen molar-refractivity contribution in [2.75, 3.05) is 7.11 Å². The minimum absolute atomic E-state index is 0.166. The van der Waals surface area contributed by atoms with Gasteiger partial charge in [-0.1, -0.05) is 31.3 Å². The number of thiazole rings is 1. The van der Waals surface area contributed by atoms with Gasteiger partial charge in [0, 0.05) is 0 Å². The van der Waals surface area contributed by atoms with Gasteiger partial charge in [-0.25, -0.2) is 9.78 Å². The maximum atomic E-state index is 11.3. The summed E-state index contributed by atoms with van der Waals surface area (Å²) in [6, 6.07) is 4.80. The van der Waals surface area contributed by atoms with E-state index in [2.05, 4.69) is 30.6 Å². The van der Waals surface area contributed by atoms with Gasteiger partial charge in [-0.2, -0.15) is 9.72 Å². The largest absolute Gasteiger partial charge is 0.464 e. The number of carbonyl (C=O) groups excluding carboxylic acids is 1. The van der Waals surface area contributed by atoms with Crippen molar-refractivity contribution < 1.29 is 14.7 Å². The lowest BCUT2D eigenvalue weighted by Gasteiger charge is -1.98. The molecule has 0 fully saturated rings. The number of pyridine rings is 1. The van der Waals surface area contributed by atoms with Crippen molar-refractivity contribution in [1.82, 2.24) is 9.71 Å². The van der Waals surface area contributed by atoms with E-state index in [0.29, 0.717) is 10.6 Å². The zero-order valence-electron chi connectivity index (χ0n) is 11.2. The zero-order valence-corrected chi connectivity index (χ0v) is 13.6. The van der Waals surface area contributed by atoms with Crippen LogP contribution < -0.4 is 4.80 Å². The summed E-state index contributed by atoms with van der Waals surface area (Å²) in [5.41, 5.74) is 0.166. The second kappa shape index (κ2) is 7.81. The molecule has 2 aromatic rings. The fourth-order valence-corrected chi connectivity index (χ4v) is 2.43. The van der Waals surface area contributed by atoms with Gasteiger partial charge in [-0.05, 0) is 28.1 Å². The van der Waals surface area contributed by atoms with Gasteiger partial charge in [0.15, 0.2) is 11.5 Å². The van der Waals surface area contributed by atoms with Crippen molar-refractivity contribution in [3.63, 3.8) is 0 Å². The first-order chi connectivity index (χ1) is 9.60. The van der Waals surface area contributed by atoms with Crippen LogP contribution in [0.15, 0.2) is 33.2 Å². The molecule has 8 heteroatoms. The number of hydrogen-bond donors (Lipinski definition) is 1. The van der Waals surface area contributed by atoms with E-state index in [1.165, 1.54) is 30.7 Å². The van der Waals surface area contributed by atoms with Crippen LogP contribution in [0.1, 0.15) is 24.3 Å². The highest BCUT2D eigenvalue weighted by Gasteiger charge is 2.07. The number of ether oxygens (including phenoxy) is 1. The number of rotatable bonds is 2. The van der Waals surface area contributed by atoms with Crippen LogP contribution in [-0.2, 0) is 4.74 Å². The Kier molecular flexibility index (Phi) is 6.40. The molecule has 0 bridgehead atoms. The first kappa shape index (κ1) is 16.4. The quantitative estimate of drug-likeness (QED) is 0.660. The van der Waals surface area contributed by atoms with Crippen LogP contribution in [0.5, 0.6) is 0 Å². The Labute approximate surface area is 128 Å². The smallest absolute Gasteiger partial charge is 0.356 e. The Balaban J connectivity index is 0.000000956. The van der Waals surface area contributed by atoms with Crippen LogP contribution >= 0.6 is 27.3 Å². The van der Waals surface area contributed by atoms with Gasteiger partial charge in [-0.3, -0.25) is 0 Å². The van der Waals surface area contributed by atoms with Gasteiger partial charge in [0.05, 0.1) is 17.1 Å². The molecule has 0 aliphatic carbocycles. The van der Waals surface area contributed by atoms with Crippen LogP contribution in [0.3, 0.4) is 0 Å². The second-order valence-electron chi connectivity index (χ2n) is 3.15. The summed E-state index contributed by atoms with van der Waals surface area (Å²) < 4.78 is 6.17. The lowest BCUT2D eigenvalue weighted by Crippen LogP contribution is -2.10. The Morgan fingerprint density at radius 3 is 2.75 bits per heavy atom. The first-order valence-electron chi connectivity index (χ1n) is 5.77. The minimum atomic E-state index is -0.531. The highest BCUT2D eigenvalue weighted by Crippen LogP contribution is 2.13. The lowest BCUT2D eigenvalue weighted by atomic mass is 10.3. The van der Waals surface area contributed by atoms with Gasteiger partial charge in [0.1, 0.15) is 0 Å². The molecule has 2 heterocycles. The normalized spacial score (nSPS) is 10.7. The summed E-state index contributed by atoms with van der Waals surface area (Å²) in [7, 11) is 1.28. The second-order valence-corrected chi connectivity index (χ2v) is 5.54. The van der Waals surface area contributed by atoms with Crippen LogP contribution in [-0.4, -0.2) is 28.0 Å². The number of aromatic nitrogens is 2. The van der Waals surface area contributed by atoms with Crippen molar-refractivity contribution in [2.45, 2.75) is 13.8 Å².